The van der Waals surface area contributed by atoms with Crippen molar-refractivity contribution in [3.63, 3.8) is 0 Å². The molecule has 2 heteroatoms. The predicted molar refractivity (Wildman–Crippen MR) is 261 cm³/mol. The van der Waals surface area contributed by atoms with Crippen LogP contribution < -0.4 is 4.90 Å². The van der Waals surface area contributed by atoms with Gasteiger partial charge in [-0.05, 0) is 116 Å². The Morgan fingerprint density at radius 2 is 0.677 bits per heavy atom. The number of anilines is 3. The Balaban J connectivity index is 1.06. The molecule has 62 heavy (non-hydrogen) atoms. The van der Waals surface area contributed by atoms with E-state index in [0.717, 1.165) is 61.3 Å². The van der Waals surface area contributed by atoms with Gasteiger partial charge in [0.25, 0.3) is 0 Å². The molecule has 0 unspecified atom stereocenters. The van der Waals surface area contributed by atoms with Crippen LogP contribution in [0.5, 0.6) is 0 Å². The van der Waals surface area contributed by atoms with Crippen LogP contribution in [0.1, 0.15) is 0 Å². The summed E-state index contributed by atoms with van der Waals surface area (Å²) in [6, 6.07) is 89.2. The van der Waals surface area contributed by atoms with Gasteiger partial charge in [-0.1, -0.05) is 194 Å². The largest absolute Gasteiger partial charge is 0.456 e. The maximum Gasteiger partial charge on any atom is 0.136 e. The van der Waals surface area contributed by atoms with E-state index in [-0.39, 0.29) is 0 Å². The monoisotopic (exact) mass is 791 g/mol. The first-order chi connectivity index (χ1) is 30.7. The lowest BCUT2D eigenvalue weighted by Gasteiger charge is -2.29. The minimum absolute atomic E-state index is 0.894. The third-order valence-corrected chi connectivity index (χ3v) is 11.9. The van der Waals surface area contributed by atoms with E-state index in [1.807, 2.05) is 12.1 Å². The van der Waals surface area contributed by atoms with Crippen LogP contribution in [0.3, 0.4) is 0 Å². The molecule has 1 heterocycles. The van der Waals surface area contributed by atoms with Crippen molar-refractivity contribution in [2.45, 2.75) is 0 Å². The second-order valence-electron chi connectivity index (χ2n) is 15.7. The average Bonchev–Trinajstić information content (AvgIpc) is 3.73. The number of hydrogen-bond donors (Lipinski definition) is 0. The minimum atomic E-state index is 0.894. The Morgan fingerprint density at radius 1 is 0.242 bits per heavy atom. The van der Waals surface area contributed by atoms with E-state index in [0.29, 0.717) is 0 Å². The molecule has 0 aliphatic heterocycles. The highest BCUT2D eigenvalue weighted by molar-refractivity contribution is 6.06. The van der Waals surface area contributed by atoms with Crippen LogP contribution in [0.2, 0.25) is 0 Å². The Hall–Kier alpha value is -8.20. The number of fused-ring (bicyclic) bond motifs is 3. The van der Waals surface area contributed by atoms with E-state index in [1.165, 1.54) is 44.5 Å². The van der Waals surface area contributed by atoms with Crippen LogP contribution >= 0.6 is 0 Å². The summed E-state index contributed by atoms with van der Waals surface area (Å²) in [5, 5.41) is 2.27. The van der Waals surface area contributed by atoms with Crippen molar-refractivity contribution in [2.24, 2.45) is 0 Å². The Labute approximate surface area is 362 Å². The summed E-state index contributed by atoms with van der Waals surface area (Å²) in [5.41, 5.74) is 19.0. The Kier molecular flexibility index (Phi) is 9.57. The van der Waals surface area contributed by atoms with Crippen molar-refractivity contribution in [1.29, 1.82) is 0 Å². The van der Waals surface area contributed by atoms with Gasteiger partial charge in [0, 0.05) is 27.7 Å². The molecule has 0 aliphatic rings. The van der Waals surface area contributed by atoms with Crippen molar-refractivity contribution in [3.8, 4) is 66.8 Å². The first-order valence-electron chi connectivity index (χ1n) is 21.2. The quantitative estimate of drug-likeness (QED) is 0.145. The molecule has 0 atom stereocenters. The molecule has 0 spiro atoms. The van der Waals surface area contributed by atoms with E-state index in [1.54, 1.807) is 0 Å². The topological polar surface area (TPSA) is 16.4 Å². The summed E-state index contributed by atoms with van der Waals surface area (Å²) in [6.45, 7) is 0. The molecular formula is C60H41NO. The van der Waals surface area contributed by atoms with Crippen LogP contribution in [0.25, 0.3) is 88.7 Å². The summed E-state index contributed by atoms with van der Waals surface area (Å²) >= 11 is 0. The van der Waals surface area contributed by atoms with E-state index in [2.05, 4.69) is 241 Å². The third-order valence-electron chi connectivity index (χ3n) is 11.9. The zero-order valence-electron chi connectivity index (χ0n) is 34.0. The van der Waals surface area contributed by atoms with Gasteiger partial charge in [-0.3, -0.25) is 0 Å². The van der Waals surface area contributed by atoms with Crippen molar-refractivity contribution in [2.75, 3.05) is 4.90 Å². The maximum atomic E-state index is 6.28. The molecule has 10 aromatic carbocycles. The fourth-order valence-corrected chi connectivity index (χ4v) is 8.87. The van der Waals surface area contributed by atoms with Crippen molar-refractivity contribution >= 4 is 39.0 Å². The lowest BCUT2D eigenvalue weighted by atomic mass is 9.87. The lowest BCUT2D eigenvalue weighted by molar-refractivity contribution is 0.669. The minimum Gasteiger partial charge on any atom is -0.456 e. The van der Waals surface area contributed by atoms with E-state index >= 15 is 0 Å². The second kappa shape index (κ2) is 16.1. The number of benzene rings is 10. The SMILES string of the molecule is c1ccc(-c2ccc(N(c3ccc(-c4ccc5c(c4)oc4ccccc45)cc3)c3ccccc3-c3ccccc3-c3cc(-c4ccccc4)ccc3-c3ccccc3)cc2)cc1. The molecule has 0 aliphatic carbocycles. The summed E-state index contributed by atoms with van der Waals surface area (Å²) < 4.78 is 6.28. The van der Waals surface area contributed by atoms with Crippen LogP contribution in [0, 0.1) is 0 Å². The first kappa shape index (κ1) is 36.8. The molecule has 0 saturated heterocycles. The van der Waals surface area contributed by atoms with Gasteiger partial charge in [-0.25, -0.2) is 0 Å². The average molecular weight is 792 g/mol. The highest BCUT2D eigenvalue weighted by atomic mass is 16.3. The highest BCUT2D eigenvalue weighted by Gasteiger charge is 2.21. The van der Waals surface area contributed by atoms with E-state index in [4.69, 9.17) is 4.42 Å². The fourth-order valence-electron chi connectivity index (χ4n) is 8.87. The molecular weight excluding hydrogens is 751 g/mol. The van der Waals surface area contributed by atoms with Gasteiger partial charge in [0.05, 0.1) is 5.69 Å². The van der Waals surface area contributed by atoms with Crippen molar-refractivity contribution < 1.29 is 4.42 Å². The number of para-hydroxylation sites is 2. The Morgan fingerprint density at radius 3 is 1.34 bits per heavy atom. The maximum absolute atomic E-state index is 6.28. The van der Waals surface area contributed by atoms with Crippen molar-refractivity contribution in [1.82, 2.24) is 0 Å². The van der Waals surface area contributed by atoms with Gasteiger partial charge in [0.1, 0.15) is 11.2 Å². The first-order valence-corrected chi connectivity index (χ1v) is 21.2. The lowest BCUT2D eigenvalue weighted by Crippen LogP contribution is -2.11. The fraction of sp³-hybridized carbons (Fsp3) is 0. The molecule has 1 aromatic heterocycles. The van der Waals surface area contributed by atoms with Crippen LogP contribution in [0.15, 0.2) is 253 Å². The number of nitrogens with zero attached hydrogens (tertiary/aromatic N) is 1. The summed E-state index contributed by atoms with van der Waals surface area (Å²) in [4.78, 5) is 2.39. The van der Waals surface area contributed by atoms with Crippen LogP contribution in [0.4, 0.5) is 17.1 Å². The van der Waals surface area contributed by atoms with Crippen molar-refractivity contribution in [3.05, 3.63) is 249 Å². The number of furan rings is 1. The molecule has 0 amide bonds. The van der Waals surface area contributed by atoms with Crippen LogP contribution in [-0.4, -0.2) is 0 Å². The number of rotatable bonds is 9. The van der Waals surface area contributed by atoms with Gasteiger partial charge in [-0.15, -0.1) is 0 Å². The molecule has 11 rings (SSSR count). The number of hydrogen-bond acceptors (Lipinski definition) is 2. The van der Waals surface area contributed by atoms with Gasteiger partial charge < -0.3 is 9.32 Å². The summed E-state index contributed by atoms with van der Waals surface area (Å²) in [5.74, 6) is 0. The predicted octanol–water partition coefficient (Wildman–Crippen LogP) is 17.1. The summed E-state index contributed by atoms with van der Waals surface area (Å²) in [6.07, 6.45) is 0. The van der Waals surface area contributed by atoms with Gasteiger partial charge >= 0.3 is 0 Å². The van der Waals surface area contributed by atoms with Gasteiger partial charge in [0.15, 0.2) is 0 Å². The highest BCUT2D eigenvalue weighted by Crippen LogP contribution is 2.46. The smallest absolute Gasteiger partial charge is 0.136 e. The normalized spacial score (nSPS) is 11.2. The Bertz CT molecular complexity index is 3310. The summed E-state index contributed by atoms with van der Waals surface area (Å²) in [7, 11) is 0. The third kappa shape index (κ3) is 6.94. The molecule has 0 bridgehead atoms. The molecule has 0 saturated carbocycles. The van der Waals surface area contributed by atoms with Gasteiger partial charge in [-0.2, -0.15) is 0 Å². The van der Waals surface area contributed by atoms with E-state index in [9.17, 15) is 0 Å². The van der Waals surface area contributed by atoms with E-state index < -0.39 is 0 Å². The molecule has 0 radical (unpaired) electrons. The van der Waals surface area contributed by atoms with Gasteiger partial charge in [0.2, 0.25) is 0 Å². The zero-order valence-corrected chi connectivity index (χ0v) is 34.0. The second-order valence-corrected chi connectivity index (χ2v) is 15.7. The molecule has 0 N–H and O–H groups in total. The molecule has 2 nitrogen and oxygen atoms in total. The molecule has 292 valence electrons. The molecule has 11 aromatic rings. The zero-order chi connectivity index (χ0) is 41.2. The standard InChI is InChI=1S/C60H41NO/c1-4-16-42(17-5-1)44-28-34-49(35-29-44)61(50-36-30-45(31-37-50)48-33-39-56-55-25-13-15-27-59(55)62-60(56)41-48)58-26-14-12-24-54(58)52-22-10-11-23-53(52)57-40-47(43-18-6-2-7-19-43)32-38-51(57)46-20-8-3-9-21-46/h1-41H. The van der Waals surface area contributed by atoms with Crippen LogP contribution in [-0.2, 0) is 0 Å². The molecule has 0 fully saturated rings.